The van der Waals surface area contributed by atoms with Crippen LogP contribution in [0.3, 0.4) is 0 Å². The van der Waals surface area contributed by atoms with Crippen LogP contribution in [0.15, 0.2) is 0 Å². The van der Waals surface area contributed by atoms with Gasteiger partial charge in [0.1, 0.15) is 0 Å². The fraction of sp³-hybridized carbons (Fsp3) is 0.959. The number of fused-ring (bicyclic) bond motifs is 1. The summed E-state index contributed by atoms with van der Waals surface area (Å²) in [5.74, 6) is 4.57. The SMILES string of the molecule is CCCCCCCCCCSC(CCC(=O)OCCC1(CCOC(=O)CC23CCC4CC(CC(C4)C2)C3)CCNCC1)C(CC)CCCCCCCCCC. The quantitative estimate of drug-likeness (QED) is 0.0541. The molecule has 0 spiro atoms. The summed E-state index contributed by atoms with van der Waals surface area (Å²) in [6.07, 6.45) is 39.7. The van der Waals surface area contributed by atoms with E-state index in [1.807, 2.05) is 0 Å². The number of esters is 2. The Balaban J connectivity index is 1.17. The highest BCUT2D eigenvalue weighted by Crippen LogP contribution is 2.58. The molecule has 0 aromatic heterocycles. The van der Waals surface area contributed by atoms with E-state index in [1.165, 1.54) is 166 Å². The van der Waals surface area contributed by atoms with Crippen molar-refractivity contribution in [2.45, 2.75) is 231 Å². The van der Waals surface area contributed by atoms with Crippen molar-refractivity contribution in [3.63, 3.8) is 0 Å². The molecule has 1 aliphatic heterocycles. The first kappa shape index (κ1) is 46.9. The highest BCUT2D eigenvalue weighted by Gasteiger charge is 2.48. The van der Waals surface area contributed by atoms with Crippen LogP contribution in [-0.2, 0) is 19.1 Å². The largest absolute Gasteiger partial charge is 0.466 e. The van der Waals surface area contributed by atoms with Crippen LogP contribution < -0.4 is 5.32 Å². The monoisotopic (exact) mass is 788 g/mol. The molecule has 5 aliphatic rings. The van der Waals surface area contributed by atoms with Gasteiger partial charge in [0.05, 0.1) is 19.6 Å². The zero-order valence-corrected chi connectivity index (χ0v) is 37.4. The van der Waals surface area contributed by atoms with Crippen LogP contribution in [-0.4, -0.2) is 49.2 Å². The highest BCUT2D eigenvalue weighted by molar-refractivity contribution is 7.99. The van der Waals surface area contributed by atoms with Crippen molar-refractivity contribution < 1.29 is 19.1 Å². The minimum atomic E-state index is -0.0125. The van der Waals surface area contributed by atoms with Crippen molar-refractivity contribution in [3.05, 3.63) is 0 Å². The maximum Gasteiger partial charge on any atom is 0.306 e. The van der Waals surface area contributed by atoms with Crippen molar-refractivity contribution in [1.82, 2.24) is 5.32 Å². The average Bonchev–Trinajstić information content (AvgIpc) is 3.37. The number of piperidine rings is 1. The number of thioether (sulfide) groups is 1. The lowest BCUT2D eigenvalue weighted by Gasteiger charge is -2.45. The van der Waals surface area contributed by atoms with E-state index in [0.29, 0.717) is 37.2 Å². The molecule has 320 valence electrons. The van der Waals surface area contributed by atoms with E-state index in [0.717, 1.165) is 62.9 Å². The van der Waals surface area contributed by atoms with Gasteiger partial charge in [-0.3, -0.25) is 9.59 Å². The topological polar surface area (TPSA) is 64.6 Å². The summed E-state index contributed by atoms with van der Waals surface area (Å²) in [4.78, 5) is 26.5. The Morgan fingerprint density at radius 2 is 1.20 bits per heavy atom. The smallest absolute Gasteiger partial charge is 0.306 e. The number of hydrogen-bond acceptors (Lipinski definition) is 6. The molecule has 0 radical (unpaired) electrons. The summed E-state index contributed by atoms with van der Waals surface area (Å²) in [5.41, 5.74) is 0.299. The first-order chi connectivity index (χ1) is 26.9. The number of nitrogens with one attached hydrogen (secondary N) is 1. The Morgan fingerprint density at radius 1 is 0.655 bits per heavy atom. The predicted octanol–water partition coefficient (Wildman–Crippen LogP) is 13.8. The van der Waals surface area contributed by atoms with Gasteiger partial charge in [-0.25, -0.2) is 0 Å². The van der Waals surface area contributed by atoms with Crippen LogP contribution >= 0.6 is 11.8 Å². The molecule has 5 fully saturated rings. The van der Waals surface area contributed by atoms with E-state index in [-0.39, 0.29) is 22.8 Å². The number of ether oxygens (including phenoxy) is 2. The minimum absolute atomic E-state index is 0.0125. The van der Waals surface area contributed by atoms with E-state index in [4.69, 9.17) is 9.47 Å². The first-order valence-corrected chi connectivity index (χ1v) is 25.6. The van der Waals surface area contributed by atoms with Crippen LogP contribution in [0, 0.1) is 34.5 Å². The molecule has 1 saturated heterocycles. The molecule has 4 unspecified atom stereocenters. The van der Waals surface area contributed by atoms with Gasteiger partial charge in [-0.15, -0.1) is 0 Å². The summed E-state index contributed by atoms with van der Waals surface area (Å²) >= 11 is 2.16. The van der Waals surface area contributed by atoms with Gasteiger partial charge in [-0.1, -0.05) is 124 Å². The van der Waals surface area contributed by atoms with E-state index >= 15 is 0 Å². The third-order valence-electron chi connectivity index (χ3n) is 14.9. The Kier molecular flexibility index (Phi) is 23.1. The third-order valence-corrected chi connectivity index (χ3v) is 16.5. The van der Waals surface area contributed by atoms with Crippen LogP contribution in [0.25, 0.3) is 0 Å². The molecule has 4 aliphatic carbocycles. The zero-order valence-electron chi connectivity index (χ0n) is 36.6. The van der Waals surface area contributed by atoms with Gasteiger partial charge in [-0.05, 0) is 143 Å². The molecule has 4 saturated carbocycles. The molecular weight excluding hydrogens is 699 g/mol. The molecule has 1 heterocycles. The molecule has 1 N–H and O–H groups in total. The first-order valence-electron chi connectivity index (χ1n) is 24.5. The molecule has 4 bridgehead atoms. The highest BCUT2D eigenvalue weighted by atomic mass is 32.2. The molecule has 0 aromatic carbocycles. The molecule has 4 atom stereocenters. The third kappa shape index (κ3) is 18.0. The van der Waals surface area contributed by atoms with Crippen LogP contribution in [0.4, 0.5) is 0 Å². The van der Waals surface area contributed by atoms with Gasteiger partial charge >= 0.3 is 11.9 Å². The second-order valence-electron chi connectivity index (χ2n) is 19.5. The number of rotatable bonds is 32. The average molecular weight is 788 g/mol. The second-order valence-corrected chi connectivity index (χ2v) is 20.8. The maximum atomic E-state index is 13.3. The number of hydrogen-bond donors (Lipinski definition) is 1. The summed E-state index contributed by atoms with van der Waals surface area (Å²) in [6, 6.07) is 0. The summed E-state index contributed by atoms with van der Waals surface area (Å²) < 4.78 is 12.0. The zero-order chi connectivity index (χ0) is 39.0. The van der Waals surface area contributed by atoms with Crippen molar-refractivity contribution >= 4 is 23.7 Å². The Hall–Kier alpha value is -0.750. The summed E-state index contributed by atoms with van der Waals surface area (Å²) in [6.45, 7) is 9.94. The van der Waals surface area contributed by atoms with E-state index < -0.39 is 0 Å². The van der Waals surface area contributed by atoms with Gasteiger partial charge in [0.2, 0.25) is 0 Å². The lowest BCUT2D eigenvalue weighted by Crippen LogP contribution is -2.39. The lowest BCUT2D eigenvalue weighted by atomic mass is 9.60. The van der Waals surface area contributed by atoms with Crippen molar-refractivity contribution in [2.75, 3.05) is 32.1 Å². The van der Waals surface area contributed by atoms with E-state index in [1.54, 1.807) is 0 Å². The summed E-state index contributed by atoms with van der Waals surface area (Å²) in [7, 11) is 0. The fourth-order valence-electron chi connectivity index (χ4n) is 11.7. The van der Waals surface area contributed by atoms with E-state index in [9.17, 15) is 9.59 Å². The number of carbonyl (C=O) groups is 2. The Morgan fingerprint density at radius 3 is 1.80 bits per heavy atom. The minimum Gasteiger partial charge on any atom is -0.466 e. The van der Waals surface area contributed by atoms with Crippen LogP contribution in [0.5, 0.6) is 0 Å². The standard InChI is InChI=1S/C49H89NO4S/c1-4-7-9-11-13-15-17-19-21-44(6-3)45(55-34-20-18-16-14-12-10-8-5-2)22-23-46(51)53-32-28-48(26-30-50-31-27-48)29-33-54-47(52)40-49-25-24-41-35-42(38-49)37-43(36-41)39-49/h41-45,50H,4-40H2,1-3H3. The normalized spacial score (nSPS) is 25.4. The Labute approximate surface area is 344 Å². The molecule has 0 aromatic rings. The predicted molar refractivity (Wildman–Crippen MR) is 235 cm³/mol. The number of carbonyl (C=O) groups excluding carboxylic acids is 2. The van der Waals surface area contributed by atoms with Crippen LogP contribution in [0.1, 0.15) is 226 Å². The van der Waals surface area contributed by atoms with Gasteiger partial charge in [-0.2, -0.15) is 11.8 Å². The summed E-state index contributed by atoms with van der Waals surface area (Å²) in [5, 5.41) is 4.09. The fourth-order valence-corrected chi connectivity index (χ4v) is 13.2. The van der Waals surface area contributed by atoms with Gasteiger partial charge < -0.3 is 14.8 Å². The Bertz CT molecular complexity index is 1010. The molecule has 5 nitrogen and oxygen atoms in total. The van der Waals surface area contributed by atoms with Gasteiger partial charge in [0.15, 0.2) is 0 Å². The van der Waals surface area contributed by atoms with E-state index in [2.05, 4.69) is 37.8 Å². The van der Waals surface area contributed by atoms with Crippen molar-refractivity contribution in [2.24, 2.45) is 34.5 Å². The molecule has 55 heavy (non-hydrogen) atoms. The lowest BCUT2D eigenvalue weighted by molar-refractivity contribution is -0.149. The van der Waals surface area contributed by atoms with Gasteiger partial charge in [0, 0.05) is 11.7 Å². The van der Waals surface area contributed by atoms with Crippen molar-refractivity contribution in [3.8, 4) is 0 Å². The van der Waals surface area contributed by atoms with Gasteiger partial charge in [0.25, 0.3) is 0 Å². The van der Waals surface area contributed by atoms with Crippen LogP contribution in [0.2, 0.25) is 0 Å². The molecule has 0 amide bonds. The molecule has 6 heteroatoms. The molecule has 5 rings (SSSR count). The maximum absolute atomic E-state index is 13.3. The van der Waals surface area contributed by atoms with Crippen molar-refractivity contribution in [1.29, 1.82) is 0 Å². The molecular formula is C49H89NO4S. The number of unbranched alkanes of at least 4 members (excludes halogenated alkanes) is 14. The second kappa shape index (κ2) is 27.1.